The maximum atomic E-state index is 12.9. The molecule has 0 atom stereocenters. The van der Waals surface area contributed by atoms with Crippen LogP contribution >= 0.6 is 0 Å². The number of nitrogens with zero attached hydrogens (tertiary/aromatic N) is 2. The molecular weight excluding hydrogens is 262 g/mol. The van der Waals surface area contributed by atoms with Gasteiger partial charge in [0.05, 0.1) is 11.1 Å². The van der Waals surface area contributed by atoms with E-state index < -0.39 is 0 Å². The summed E-state index contributed by atoms with van der Waals surface area (Å²) in [6, 6.07) is 9.56. The minimum Gasteiger partial charge on any atom is -0.338 e. The van der Waals surface area contributed by atoms with Crippen LogP contribution in [0.15, 0.2) is 36.5 Å². The third kappa shape index (κ3) is 3.79. The monoisotopic (exact) mass is 285 g/mol. The van der Waals surface area contributed by atoms with Crippen LogP contribution < -0.4 is 5.73 Å². The molecule has 0 radical (unpaired) electrons. The van der Waals surface area contributed by atoms with Crippen LogP contribution in [0.25, 0.3) is 10.9 Å². The highest BCUT2D eigenvalue weighted by Crippen LogP contribution is 2.18. The summed E-state index contributed by atoms with van der Waals surface area (Å²) in [6.45, 7) is 6.28. The first-order valence-corrected chi connectivity index (χ1v) is 7.46. The molecule has 1 amide bonds. The topological polar surface area (TPSA) is 59.2 Å². The number of carbonyl (C=O) groups excluding carboxylic acids is 1. The molecule has 2 N–H and O–H groups in total. The van der Waals surface area contributed by atoms with Gasteiger partial charge in [0.1, 0.15) is 0 Å². The second-order valence-electron chi connectivity index (χ2n) is 5.66. The van der Waals surface area contributed by atoms with E-state index in [2.05, 4.69) is 18.8 Å². The molecule has 0 bridgehead atoms. The number of para-hydroxylation sites is 1. The van der Waals surface area contributed by atoms with Gasteiger partial charge >= 0.3 is 0 Å². The number of nitrogens with two attached hydrogens (primary N) is 1. The molecule has 0 aliphatic heterocycles. The molecule has 0 aliphatic carbocycles. The van der Waals surface area contributed by atoms with Gasteiger partial charge in [-0.2, -0.15) is 0 Å². The van der Waals surface area contributed by atoms with E-state index in [-0.39, 0.29) is 5.91 Å². The van der Waals surface area contributed by atoms with Crippen molar-refractivity contribution >= 4 is 16.8 Å². The average molecular weight is 285 g/mol. The van der Waals surface area contributed by atoms with Gasteiger partial charge in [0.25, 0.3) is 5.91 Å². The van der Waals surface area contributed by atoms with Gasteiger partial charge < -0.3 is 10.6 Å². The van der Waals surface area contributed by atoms with Crippen LogP contribution in [0.3, 0.4) is 0 Å². The van der Waals surface area contributed by atoms with Crippen LogP contribution in [-0.2, 0) is 0 Å². The van der Waals surface area contributed by atoms with Crippen molar-refractivity contribution in [1.29, 1.82) is 0 Å². The zero-order chi connectivity index (χ0) is 15.2. The van der Waals surface area contributed by atoms with E-state index in [0.29, 0.717) is 19.0 Å². The summed E-state index contributed by atoms with van der Waals surface area (Å²) in [4.78, 5) is 19.1. The van der Waals surface area contributed by atoms with Crippen molar-refractivity contribution in [1.82, 2.24) is 9.88 Å². The van der Waals surface area contributed by atoms with Gasteiger partial charge in [-0.1, -0.05) is 32.0 Å². The number of hydrogen-bond acceptors (Lipinski definition) is 3. The molecule has 1 aromatic heterocycles. The zero-order valence-corrected chi connectivity index (χ0v) is 12.7. The van der Waals surface area contributed by atoms with Crippen LogP contribution in [0, 0.1) is 5.92 Å². The lowest BCUT2D eigenvalue weighted by atomic mass is 10.1. The Hall–Kier alpha value is -1.94. The summed E-state index contributed by atoms with van der Waals surface area (Å²) < 4.78 is 0. The molecule has 0 unspecified atom stereocenters. The van der Waals surface area contributed by atoms with Crippen molar-refractivity contribution in [2.24, 2.45) is 11.7 Å². The molecule has 1 heterocycles. The Morgan fingerprint density at radius 2 is 2.05 bits per heavy atom. The fraction of sp³-hybridized carbons (Fsp3) is 0.412. The summed E-state index contributed by atoms with van der Waals surface area (Å²) in [5.41, 5.74) is 7.16. The van der Waals surface area contributed by atoms with Gasteiger partial charge in [0.2, 0.25) is 0 Å². The van der Waals surface area contributed by atoms with E-state index >= 15 is 0 Å². The standard InChI is InChI=1S/C17H23N3O/c1-13(2)12-20(11-5-9-18)17(21)15-8-10-19-16-7-4-3-6-14(15)16/h3-4,6-8,10,13H,5,9,11-12,18H2,1-2H3. The average Bonchev–Trinajstić information content (AvgIpc) is 2.50. The maximum Gasteiger partial charge on any atom is 0.254 e. The summed E-state index contributed by atoms with van der Waals surface area (Å²) in [7, 11) is 0. The Labute approximate surface area is 126 Å². The Morgan fingerprint density at radius 3 is 2.76 bits per heavy atom. The van der Waals surface area contributed by atoms with Gasteiger partial charge in [0, 0.05) is 24.7 Å². The molecule has 0 aliphatic rings. The molecule has 0 spiro atoms. The molecular formula is C17H23N3O. The molecule has 1 aromatic carbocycles. The number of hydrogen-bond donors (Lipinski definition) is 1. The van der Waals surface area contributed by atoms with E-state index in [1.807, 2.05) is 29.2 Å². The Bertz CT molecular complexity index is 605. The number of fused-ring (bicyclic) bond motifs is 1. The van der Waals surface area contributed by atoms with E-state index in [4.69, 9.17) is 5.73 Å². The van der Waals surface area contributed by atoms with Crippen molar-refractivity contribution in [3.63, 3.8) is 0 Å². The molecule has 4 nitrogen and oxygen atoms in total. The van der Waals surface area contributed by atoms with Crippen molar-refractivity contribution in [3.8, 4) is 0 Å². The number of aromatic nitrogens is 1. The van der Waals surface area contributed by atoms with Crippen molar-refractivity contribution in [3.05, 3.63) is 42.1 Å². The lowest BCUT2D eigenvalue weighted by Gasteiger charge is -2.25. The minimum absolute atomic E-state index is 0.0655. The highest BCUT2D eigenvalue weighted by molar-refractivity contribution is 6.05. The number of pyridine rings is 1. The smallest absolute Gasteiger partial charge is 0.254 e. The van der Waals surface area contributed by atoms with Crippen LogP contribution in [0.4, 0.5) is 0 Å². The molecule has 0 saturated carbocycles. The SMILES string of the molecule is CC(C)CN(CCCN)C(=O)c1ccnc2ccccc12. The highest BCUT2D eigenvalue weighted by Gasteiger charge is 2.18. The second-order valence-corrected chi connectivity index (χ2v) is 5.66. The number of carbonyl (C=O) groups is 1. The van der Waals surface area contributed by atoms with Gasteiger partial charge in [-0.3, -0.25) is 9.78 Å². The summed E-state index contributed by atoms with van der Waals surface area (Å²) >= 11 is 0. The highest BCUT2D eigenvalue weighted by atomic mass is 16.2. The van der Waals surface area contributed by atoms with Crippen LogP contribution in [-0.4, -0.2) is 35.4 Å². The molecule has 0 fully saturated rings. The lowest BCUT2D eigenvalue weighted by molar-refractivity contribution is 0.0737. The van der Waals surface area contributed by atoms with E-state index in [1.165, 1.54) is 0 Å². The summed E-state index contributed by atoms with van der Waals surface area (Å²) in [5.74, 6) is 0.496. The summed E-state index contributed by atoms with van der Waals surface area (Å²) in [6.07, 6.45) is 2.52. The van der Waals surface area contributed by atoms with Gasteiger partial charge in [-0.25, -0.2) is 0 Å². The van der Waals surface area contributed by atoms with Crippen molar-refractivity contribution in [2.75, 3.05) is 19.6 Å². The van der Waals surface area contributed by atoms with Crippen molar-refractivity contribution < 1.29 is 4.79 Å². The molecule has 0 saturated heterocycles. The quantitative estimate of drug-likeness (QED) is 0.887. The van der Waals surface area contributed by atoms with E-state index in [1.54, 1.807) is 12.3 Å². The summed E-state index contributed by atoms with van der Waals surface area (Å²) in [5, 5.41) is 0.909. The number of benzene rings is 1. The number of amides is 1. The van der Waals surface area contributed by atoms with Gasteiger partial charge in [0.15, 0.2) is 0 Å². The second kappa shape index (κ2) is 7.18. The molecule has 21 heavy (non-hydrogen) atoms. The van der Waals surface area contributed by atoms with Crippen LogP contribution in [0.2, 0.25) is 0 Å². The van der Waals surface area contributed by atoms with Gasteiger partial charge in [-0.15, -0.1) is 0 Å². The normalized spacial score (nSPS) is 11.0. The van der Waals surface area contributed by atoms with Crippen LogP contribution in [0.5, 0.6) is 0 Å². The first-order chi connectivity index (χ1) is 10.1. The van der Waals surface area contributed by atoms with Crippen molar-refractivity contribution in [2.45, 2.75) is 20.3 Å². The third-order valence-electron chi connectivity index (χ3n) is 3.38. The largest absolute Gasteiger partial charge is 0.338 e. The fourth-order valence-corrected chi connectivity index (χ4v) is 2.45. The lowest BCUT2D eigenvalue weighted by Crippen LogP contribution is -2.36. The number of rotatable bonds is 6. The van der Waals surface area contributed by atoms with E-state index in [9.17, 15) is 4.79 Å². The molecule has 2 aromatic rings. The predicted octanol–water partition coefficient (Wildman–Crippen LogP) is 2.68. The molecule has 112 valence electrons. The first kappa shape index (κ1) is 15.4. The van der Waals surface area contributed by atoms with Gasteiger partial charge in [-0.05, 0) is 31.0 Å². The minimum atomic E-state index is 0.0655. The first-order valence-electron chi connectivity index (χ1n) is 7.46. The Kier molecular flexibility index (Phi) is 5.28. The molecule has 2 rings (SSSR count). The fourth-order valence-electron chi connectivity index (χ4n) is 2.45. The third-order valence-corrected chi connectivity index (χ3v) is 3.38. The van der Waals surface area contributed by atoms with E-state index in [0.717, 1.165) is 29.4 Å². The maximum absolute atomic E-state index is 12.9. The zero-order valence-electron chi connectivity index (χ0n) is 12.7. The molecule has 4 heteroatoms. The Balaban J connectivity index is 2.33. The van der Waals surface area contributed by atoms with Crippen LogP contribution in [0.1, 0.15) is 30.6 Å². The Morgan fingerprint density at radius 1 is 1.29 bits per heavy atom. The predicted molar refractivity (Wildman–Crippen MR) is 86.2 cm³/mol.